The van der Waals surface area contributed by atoms with Crippen LogP contribution in [0.25, 0.3) is 10.2 Å². The van der Waals surface area contributed by atoms with Crippen LogP contribution in [0.15, 0.2) is 24.4 Å². The quantitative estimate of drug-likeness (QED) is 0.762. The number of carbonyl (C=O) groups is 1. The van der Waals surface area contributed by atoms with E-state index in [1.54, 1.807) is 24.0 Å². The molecular weight excluding hydrogens is 360 g/mol. The van der Waals surface area contributed by atoms with Gasteiger partial charge in [-0.15, -0.1) is 0 Å². The number of fused-ring (bicyclic) bond motifs is 1. The molecule has 1 aromatic carbocycles. The van der Waals surface area contributed by atoms with Gasteiger partial charge in [-0.3, -0.25) is 9.48 Å². The van der Waals surface area contributed by atoms with E-state index >= 15 is 0 Å². The number of hydrogen-bond acceptors (Lipinski definition) is 5. The fourth-order valence-electron chi connectivity index (χ4n) is 3.15. The van der Waals surface area contributed by atoms with Crippen LogP contribution in [0.3, 0.4) is 0 Å². The fourth-order valence-corrected chi connectivity index (χ4v) is 4.21. The van der Waals surface area contributed by atoms with Crippen molar-refractivity contribution in [1.82, 2.24) is 20.1 Å². The molecule has 3 heterocycles. The minimum absolute atomic E-state index is 0.0669. The molecule has 1 amide bonds. The van der Waals surface area contributed by atoms with Crippen LogP contribution in [0, 0.1) is 11.6 Å². The number of rotatable bonds is 3. The first-order chi connectivity index (χ1) is 12.5. The lowest BCUT2D eigenvalue weighted by atomic mass is 10.1. The molecule has 0 saturated carbocycles. The van der Waals surface area contributed by atoms with E-state index in [1.165, 1.54) is 17.4 Å². The second-order valence-electron chi connectivity index (χ2n) is 6.31. The average Bonchev–Trinajstić information content (AvgIpc) is 3.22. The molecule has 2 aromatic heterocycles. The van der Waals surface area contributed by atoms with E-state index in [9.17, 15) is 13.6 Å². The molecule has 0 aliphatic carbocycles. The number of benzene rings is 1. The summed E-state index contributed by atoms with van der Waals surface area (Å²) in [5, 5.41) is 7.71. The van der Waals surface area contributed by atoms with Crippen molar-refractivity contribution < 1.29 is 13.6 Å². The molecule has 4 rings (SSSR count). The highest BCUT2D eigenvalue weighted by molar-refractivity contribution is 7.22. The summed E-state index contributed by atoms with van der Waals surface area (Å²) in [6, 6.07) is 3.91. The summed E-state index contributed by atoms with van der Waals surface area (Å²) in [4.78, 5) is 18.6. The zero-order valence-corrected chi connectivity index (χ0v) is 14.9. The molecule has 1 N–H and O–H groups in total. The molecule has 0 bridgehead atoms. The Labute approximate surface area is 152 Å². The molecule has 0 radical (unpaired) electrons. The molecule has 136 valence electrons. The molecule has 1 fully saturated rings. The second-order valence-corrected chi connectivity index (χ2v) is 7.31. The highest BCUT2D eigenvalue weighted by atomic mass is 32.1. The maximum atomic E-state index is 13.8. The van der Waals surface area contributed by atoms with Crippen molar-refractivity contribution in [3.63, 3.8) is 0 Å². The zero-order valence-electron chi connectivity index (χ0n) is 14.1. The molecule has 3 aromatic rings. The number of nitrogens with one attached hydrogen (secondary N) is 1. The lowest BCUT2D eigenvalue weighted by molar-refractivity contribution is 0.0921. The van der Waals surface area contributed by atoms with Crippen molar-refractivity contribution >= 4 is 32.6 Å². The van der Waals surface area contributed by atoms with Gasteiger partial charge >= 0.3 is 0 Å². The molecule has 0 atom stereocenters. The highest BCUT2D eigenvalue weighted by Crippen LogP contribution is 2.32. The third-order valence-electron chi connectivity index (χ3n) is 4.56. The van der Waals surface area contributed by atoms with Crippen molar-refractivity contribution in [3.8, 4) is 0 Å². The van der Waals surface area contributed by atoms with Gasteiger partial charge in [-0.05, 0) is 25.0 Å². The monoisotopic (exact) mass is 377 g/mol. The average molecular weight is 377 g/mol. The van der Waals surface area contributed by atoms with E-state index in [-0.39, 0.29) is 17.5 Å². The highest BCUT2D eigenvalue weighted by Gasteiger charge is 2.24. The largest absolute Gasteiger partial charge is 0.348 e. The lowest BCUT2D eigenvalue weighted by Crippen LogP contribution is -2.45. The number of aryl methyl sites for hydroxylation is 1. The number of piperidine rings is 1. The lowest BCUT2D eigenvalue weighted by Gasteiger charge is -2.32. The molecule has 9 heteroatoms. The number of aromatic nitrogens is 3. The maximum absolute atomic E-state index is 13.8. The van der Waals surface area contributed by atoms with Crippen LogP contribution in [0.5, 0.6) is 0 Å². The number of nitrogens with zero attached hydrogens (tertiary/aromatic N) is 4. The van der Waals surface area contributed by atoms with E-state index in [0.717, 1.165) is 18.9 Å². The van der Waals surface area contributed by atoms with Crippen LogP contribution in [0.2, 0.25) is 0 Å². The van der Waals surface area contributed by atoms with Gasteiger partial charge in [-0.2, -0.15) is 5.10 Å². The standard InChI is InChI=1S/C17H17F2N5OS/c1-23-13(2-5-20-23)16(25)21-11-3-6-24(7-4-11)17-22-15-12(19)8-10(18)9-14(15)26-17/h2,5,8-9,11H,3-4,6-7H2,1H3,(H,21,25). The number of amides is 1. The molecule has 1 saturated heterocycles. The van der Waals surface area contributed by atoms with Crippen LogP contribution in [0.1, 0.15) is 23.3 Å². The van der Waals surface area contributed by atoms with Crippen molar-refractivity contribution in [1.29, 1.82) is 0 Å². The Balaban J connectivity index is 1.41. The van der Waals surface area contributed by atoms with Crippen LogP contribution >= 0.6 is 11.3 Å². The first kappa shape index (κ1) is 16.9. The number of hydrogen-bond donors (Lipinski definition) is 1. The van der Waals surface area contributed by atoms with Gasteiger partial charge in [0.15, 0.2) is 10.9 Å². The van der Waals surface area contributed by atoms with Crippen LogP contribution in [0.4, 0.5) is 13.9 Å². The predicted molar refractivity (Wildman–Crippen MR) is 95.4 cm³/mol. The summed E-state index contributed by atoms with van der Waals surface area (Å²) in [7, 11) is 1.73. The van der Waals surface area contributed by atoms with Gasteiger partial charge in [0.25, 0.3) is 5.91 Å². The Kier molecular flexibility index (Phi) is 4.31. The first-order valence-corrected chi connectivity index (χ1v) is 9.12. The summed E-state index contributed by atoms with van der Waals surface area (Å²) in [5.41, 5.74) is 0.731. The van der Waals surface area contributed by atoms with Gasteiger partial charge < -0.3 is 10.2 Å². The van der Waals surface area contributed by atoms with E-state index in [2.05, 4.69) is 20.3 Å². The summed E-state index contributed by atoms with van der Waals surface area (Å²) in [5.74, 6) is -1.37. The van der Waals surface area contributed by atoms with Gasteiger partial charge in [0.05, 0.1) is 4.70 Å². The number of thiazole rings is 1. The van der Waals surface area contributed by atoms with Crippen LogP contribution < -0.4 is 10.2 Å². The van der Waals surface area contributed by atoms with Gasteiger partial charge in [0.1, 0.15) is 17.0 Å². The van der Waals surface area contributed by atoms with Crippen molar-refractivity contribution in [2.75, 3.05) is 18.0 Å². The minimum Gasteiger partial charge on any atom is -0.348 e. The molecule has 1 aliphatic heterocycles. The number of anilines is 1. The molecule has 26 heavy (non-hydrogen) atoms. The number of carbonyl (C=O) groups excluding carboxylic acids is 1. The SMILES string of the molecule is Cn1nccc1C(=O)NC1CCN(c2nc3c(F)cc(F)cc3s2)CC1. The van der Waals surface area contributed by atoms with E-state index in [4.69, 9.17) is 0 Å². The fraction of sp³-hybridized carbons (Fsp3) is 0.353. The van der Waals surface area contributed by atoms with Gasteiger partial charge in [-0.1, -0.05) is 11.3 Å². The Hall–Kier alpha value is -2.55. The predicted octanol–water partition coefficient (Wildman–Crippen LogP) is 2.71. The van der Waals surface area contributed by atoms with Gasteiger partial charge in [-0.25, -0.2) is 13.8 Å². The molecule has 6 nitrogen and oxygen atoms in total. The Morgan fingerprint density at radius 2 is 2.08 bits per heavy atom. The summed E-state index contributed by atoms with van der Waals surface area (Å²) in [6.07, 6.45) is 3.11. The Morgan fingerprint density at radius 3 is 2.77 bits per heavy atom. The normalized spacial score (nSPS) is 15.6. The Bertz CT molecular complexity index is 961. The van der Waals surface area contributed by atoms with Gasteiger partial charge in [0, 0.05) is 38.4 Å². The summed E-state index contributed by atoms with van der Waals surface area (Å²) in [6.45, 7) is 1.39. The Morgan fingerprint density at radius 1 is 1.31 bits per heavy atom. The molecular formula is C17H17F2N5OS. The summed E-state index contributed by atoms with van der Waals surface area (Å²) >= 11 is 1.28. The van der Waals surface area contributed by atoms with E-state index < -0.39 is 11.6 Å². The van der Waals surface area contributed by atoms with Crippen molar-refractivity contribution in [2.45, 2.75) is 18.9 Å². The van der Waals surface area contributed by atoms with E-state index in [1.807, 2.05) is 0 Å². The smallest absolute Gasteiger partial charge is 0.269 e. The third-order valence-corrected chi connectivity index (χ3v) is 5.62. The summed E-state index contributed by atoms with van der Waals surface area (Å²) < 4.78 is 29.2. The topological polar surface area (TPSA) is 63.1 Å². The zero-order chi connectivity index (χ0) is 18.3. The molecule has 1 aliphatic rings. The van der Waals surface area contributed by atoms with Gasteiger partial charge in [0.2, 0.25) is 0 Å². The number of halogens is 2. The third kappa shape index (κ3) is 3.14. The second kappa shape index (κ2) is 6.64. The maximum Gasteiger partial charge on any atom is 0.269 e. The molecule has 0 spiro atoms. The van der Waals surface area contributed by atoms with Crippen molar-refractivity contribution in [2.24, 2.45) is 7.05 Å². The minimum atomic E-state index is -0.638. The van der Waals surface area contributed by atoms with Crippen LogP contribution in [-0.4, -0.2) is 39.8 Å². The molecule has 0 unspecified atom stereocenters. The first-order valence-electron chi connectivity index (χ1n) is 8.30. The van der Waals surface area contributed by atoms with Crippen molar-refractivity contribution in [3.05, 3.63) is 41.7 Å². The van der Waals surface area contributed by atoms with Crippen LogP contribution in [-0.2, 0) is 7.05 Å². The van der Waals surface area contributed by atoms with E-state index in [0.29, 0.717) is 28.6 Å².